The first-order valence-corrected chi connectivity index (χ1v) is 7.24. The van der Waals surface area contributed by atoms with Gasteiger partial charge in [-0.25, -0.2) is 9.55 Å². The molecule has 7 heteroatoms. The number of likely N-dealkylation sites (N-methyl/N-ethyl adjacent to an activating group) is 1. The maximum atomic E-state index is 11.0. The molecule has 0 spiro atoms. The lowest BCUT2D eigenvalue weighted by Crippen LogP contribution is -2.44. The first kappa shape index (κ1) is 14.9. The van der Waals surface area contributed by atoms with Crippen molar-refractivity contribution in [2.75, 3.05) is 26.2 Å². The number of nitrogens with zero attached hydrogens (tertiary/aromatic N) is 4. The summed E-state index contributed by atoms with van der Waals surface area (Å²) in [5, 5.41) is 14.3. The Bertz CT molecular complexity index is 454. The molecule has 0 radical (unpaired) electrons. The van der Waals surface area contributed by atoms with Gasteiger partial charge >= 0.3 is 5.82 Å². The molecule has 0 bridgehead atoms. The van der Waals surface area contributed by atoms with E-state index < -0.39 is 0 Å². The molecule has 7 nitrogen and oxygen atoms in total. The fourth-order valence-corrected chi connectivity index (χ4v) is 2.88. The fraction of sp³-hybridized carbons (Fsp3) is 0.769. The number of hydrogen-bond acceptors (Lipinski definition) is 5. The van der Waals surface area contributed by atoms with Crippen LogP contribution in [0.2, 0.25) is 0 Å². The summed E-state index contributed by atoms with van der Waals surface area (Å²) in [5.74, 6) is 0.793. The number of nitrogens with one attached hydrogen (secondary N) is 1. The summed E-state index contributed by atoms with van der Waals surface area (Å²) in [6.07, 6.45) is 3.65. The Morgan fingerprint density at radius 1 is 1.55 bits per heavy atom. The summed E-state index contributed by atoms with van der Waals surface area (Å²) in [4.78, 5) is 17.1. The molecule has 0 aromatic carbocycles. The maximum Gasteiger partial charge on any atom is 0.342 e. The molecule has 1 aliphatic rings. The molecular formula is C13H23N5O2. The summed E-state index contributed by atoms with van der Waals surface area (Å²) in [5.41, 5.74) is 0. The van der Waals surface area contributed by atoms with Crippen LogP contribution in [0.15, 0.2) is 6.20 Å². The van der Waals surface area contributed by atoms with Crippen LogP contribution < -0.4 is 5.32 Å². The summed E-state index contributed by atoms with van der Waals surface area (Å²) in [6, 6.07) is 0.587. The van der Waals surface area contributed by atoms with Gasteiger partial charge in [-0.1, -0.05) is 6.92 Å². The third-order valence-electron chi connectivity index (χ3n) is 4.06. The van der Waals surface area contributed by atoms with Crippen molar-refractivity contribution in [1.82, 2.24) is 19.8 Å². The number of imidazole rings is 1. The van der Waals surface area contributed by atoms with Crippen molar-refractivity contribution in [2.24, 2.45) is 0 Å². The molecule has 1 fully saturated rings. The highest BCUT2D eigenvalue weighted by molar-refractivity contribution is 5.18. The van der Waals surface area contributed by atoms with E-state index in [-0.39, 0.29) is 10.7 Å². The first-order valence-electron chi connectivity index (χ1n) is 7.24. The lowest BCUT2D eigenvalue weighted by atomic mass is 10.0. The van der Waals surface area contributed by atoms with Gasteiger partial charge in [0.1, 0.15) is 12.7 Å². The summed E-state index contributed by atoms with van der Waals surface area (Å²) >= 11 is 0. The Morgan fingerprint density at radius 3 is 2.85 bits per heavy atom. The van der Waals surface area contributed by atoms with Crippen molar-refractivity contribution in [3.8, 4) is 0 Å². The molecular weight excluding hydrogens is 258 g/mol. The zero-order valence-corrected chi connectivity index (χ0v) is 12.2. The predicted molar refractivity (Wildman–Crippen MR) is 76.8 cm³/mol. The van der Waals surface area contributed by atoms with Crippen molar-refractivity contribution in [3.63, 3.8) is 0 Å². The summed E-state index contributed by atoms with van der Waals surface area (Å²) < 4.78 is 1.70. The van der Waals surface area contributed by atoms with Gasteiger partial charge in [0, 0.05) is 19.5 Å². The van der Waals surface area contributed by atoms with E-state index >= 15 is 0 Å². The van der Waals surface area contributed by atoms with Gasteiger partial charge in [0.05, 0.1) is 0 Å². The van der Waals surface area contributed by atoms with Gasteiger partial charge in [-0.05, 0) is 37.4 Å². The van der Waals surface area contributed by atoms with Crippen molar-refractivity contribution in [1.29, 1.82) is 0 Å². The Labute approximate surface area is 119 Å². The van der Waals surface area contributed by atoms with E-state index in [9.17, 15) is 10.1 Å². The molecule has 1 aromatic rings. The van der Waals surface area contributed by atoms with Gasteiger partial charge in [-0.3, -0.25) is 4.90 Å². The number of piperidine rings is 1. The molecule has 2 rings (SSSR count). The van der Waals surface area contributed by atoms with Crippen LogP contribution in [0.1, 0.15) is 25.6 Å². The van der Waals surface area contributed by atoms with Gasteiger partial charge in [-0.2, -0.15) is 0 Å². The maximum absolute atomic E-state index is 11.0. The number of aromatic nitrogens is 2. The van der Waals surface area contributed by atoms with E-state index in [1.54, 1.807) is 4.57 Å². The lowest BCUT2D eigenvalue weighted by Gasteiger charge is -2.33. The Kier molecular flexibility index (Phi) is 5.08. The van der Waals surface area contributed by atoms with E-state index in [1.807, 2.05) is 6.92 Å². The minimum Gasteiger partial charge on any atom is -0.358 e. The molecule has 1 aromatic heterocycles. The largest absolute Gasteiger partial charge is 0.358 e. The zero-order valence-electron chi connectivity index (χ0n) is 12.2. The second kappa shape index (κ2) is 6.81. The molecule has 0 aliphatic carbocycles. The van der Waals surface area contributed by atoms with Crippen molar-refractivity contribution < 1.29 is 4.92 Å². The van der Waals surface area contributed by atoms with E-state index in [2.05, 4.69) is 22.1 Å². The number of rotatable bonds is 6. The van der Waals surface area contributed by atoms with Crippen molar-refractivity contribution in [2.45, 2.75) is 39.3 Å². The Morgan fingerprint density at radius 2 is 2.25 bits per heavy atom. The smallest absolute Gasteiger partial charge is 0.342 e. The van der Waals surface area contributed by atoms with Gasteiger partial charge in [0.2, 0.25) is 0 Å². The van der Waals surface area contributed by atoms with Crippen LogP contribution in [0.4, 0.5) is 5.82 Å². The van der Waals surface area contributed by atoms with Crippen molar-refractivity contribution in [3.05, 3.63) is 22.1 Å². The number of aryl methyl sites for hydroxylation is 1. The molecule has 0 amide bonds. The van der Waals surface area contributed by atoms with Crippen LogP contribution in [-0.2, 0) is 6.54 Å². The molecule has 0 saturated carbocycles. The molecule has 20 heavy (non-hydrogen) atoms. The van der Waals surface area contributed by atoms with Crippen LogP contribution in [0.25, 0.3) is 0 Å². The first-order chi connectivity index (χ1) is 9.63. The Hall–Kier alpha value is -1.47. The molecule has 112 valence electrons. The van der Waals surface area contributed by atoms with E-state index in [4.69, 9.17) is 0 Å². The lowest BCUT2D eigenvalue weighted by molar-refractivity contribution is -0.392. The molecule has 1 aliphatic heterocycles. The third-order valence-corrected chi connectivity index (χ3v) is 4.06. The van der Waals surface area contributed by atoms with Gasteiger partial charge in [-0.15, -0.1) is 0 Å². The Balaban J connectivity index is 1.99. The molecule has 1 saturated heterocycles. The topological polar surface area (TPSA) is 76.2 Å². The zero-order chi connectivity index (χ0) is 14.5. The van der Waals surface area contributed by atoms with E-state index in [1.165, 1.54) is 6.20 Å². The fourth-order valence-electron chi connectivity index (χ4n) is 2.88. The standard InChI is InChI=1S/C13H23N5O2/c1-3-16(12-4-6-14-7-5-12)8-9-17-11(2)15-10-13(17)18(19)20/h10,12,14H,3-9H2,1-2H3. The van der Waals surface area contributed by atoms with Crippen LogP contribution in [0, 0.1) is 17.0 Å². The quantitative estimate of drug-likeness (QED) is 0.626. The number of nitro groups is 1. The minimum absolute atomic E-state index is 0.0869. The summed E-state index contributed by atoms with van der Waals surface area (Å²) in [6.45, 7) is 8.52. The highest BCUT2D eigenvalue weighted by Crippen LogP contribution is 2.16. The average molecular weight is 281 g/mol. The number of hydrogen-bond donors (Lipinski definition) is 1. The van der Waals surface area contributed by atoms with Crippen LogP contribution >= 0.6 is 0 Å². The highest BCUT2D eigenvalue weighted by atomic mass is 16.6. The molecule has 0 unspecified atom stereocenters. The minimum atomic E-state index is -0.360. The summed E-state index contributed by atoms with van der Waals surface area (Å²) in [7, 11) is 0. The third kappa shape index (κ3) is 3.34. The SMILES string of the molecule is CCN(CCn1c([N+](=O)[O-])cnc1C)C1CCNCC1. The molecule has 2 heterocycles. The average Bonchev–Trinajstić information content (AvgIpc) is 2.82. The van der Waals surface area contributed by atoms with Gasteiger partial charge in [0.15, 0.2) is 5.82 Å². The highest BCUT2D eigenvalue weighted by Gasteiger charge is 2.22. The van der Waals surface area contributed by atoms with E-state index in [0.29, 0.717) is 18.4 Å². The molecule has 0 atom stereocenters. The predicted octanol–water partition coefficient (Wildman–Crippen LogP) is 1.17. The van der Waals surface area contributed by atoms with Gasteiger partial charge < -0.3 is 15.4 Å². The van der Waals surface area contributed by atoms with Crippen LogP contribution in [-0.4, -0.2) is 51.6 Å². The van der Waals surface area contributed by atoms with Crippen molar-refractivity contribution >= 4 is 5.82 Å². The second-order valence-electron chi connectivity index (χ2n) is 5.18. The van der Waals surface area contributed by atoms with Gasteiger partial charge in [0.25, 0.3) is 0 Å². The molecule has 1 N–H and O–H groups in total. The van der Waals surface area contributed by atoms with Crippen LogP contribution in [0.5, 0.6) is 0 Å². The van der Waals surface area contributed by atoms with Crippen LogP contribution in [0.3, 0.4) is 0 Å². The van der Waals surface area contributed by atoms with E-state index in [0.717, 1.165) is 39.0 Å². The normalized spacial score (nSPS) is 16.8. The second-order valence-corrected chi connectivity index (χ2v) is 5.18. The monoisotopic (exact) mass is 281 g/mol.